The van der Waals surface area contributed by atoms with Crippen LogP contribution < -0.4 is 11.3 Å². The van der Waals surface area contributed by atoms with Gasteiger partial charge in [-0.3, -0.25) is 14.7 Å². The molecular weight excluding hydrogens is 244 g/mol. The van der Waals surface area contributed by atoms with E-state index in [9.17, 15) is 4.79 Å². The number of likely N-dealkylation sites (N-methyl/N-ethyl adjacent to an activating group) is 1. The summed E-state index contributed by atoms with van der Waals surface area (Å²) in [5.41, 5.74) is 2.72. The summed E-state index contributed by atoms with van der Waals surface area (Å²) in [7, 11) is 0. The maximum atomic E-state index is 12.3. The van der Waals surface area contributed by atoms with Crippen LogP contribution in [0.15, 0.2) is 12.4 Å². The Hall–Kier alpha value is -1.73. The number of carbonyl (C=O) groups is 1. The highest BCUT2D eigenvalue weighted by atomic mass is 16.2. The van der Waals surface area contributed by atoms with Crippen LogP contribution in [0, 0.1) is 0 Å². The van der Waals surface area contributed by atoms with Crippen molar-refractivity contribution in [3.8, 4) is 0 Å². The fraction of sp³-hybridized carbons (Fsp3) is 0.583. The van der Waals surface area contributed by atoms with Crippen LogP contribution in [-0.2, 0) is 0 Å². The normalized spacial score (nSPS) is 20.4. The highest BCUT2D eigenvalue weighted by Gasteiger charge is 2.27. The quantitative estimate of drug-likeness (QED) is 0.587. The molecule has 1 fully saturated rings. The lowest BCUT2D eigenvalue weighted by atomic mass is 10.2. The highest BCUT2D eigenvalue weighted by Crippen LogP contribution is 2.12. The van der Waals surface area contributed by atoms with Crippen molar-refractivity contribution in [2.75, 3.05) is 31.6 Å². The number of carbonyl (C=O) groups excluding carboxylic acids is 1. The average molecular weight is 264 g/mol. The summed E-state index contributed by atoms with van der Waals surface area (Å²) in [6.07, 6.45) is 2.95. The zero-order valence-electron chi connectivity index (χ0n) is 11.3. The monoisotopic (exact) mass is 264 g/mol. The van der Waals surface area contributed by atoms with E-state index in [1.54, 1.807) is 0 Å². The Balaban J connectivity index is 2.07. The molecule has 1 saturated heterocycles. The number of nitrogens with zero attached hydrogens (tertiary/aromatic N) is 4. The van der Waals surface area contributed by atoms with Gasteiger partial charge in [0.25, 0.3) is 5.91 Å². The first-order chi connectivity index (χ1) is 9.15. The fourth-order valence-corrected chi connectivity index (χ4v) is 2.35. The van der Waals surface area contributed by atoms with Crippen molar-refractivity contribution in [2.45, 2.75) is 19.9 Å². The average Bonchev–Trinajstić information content (AvgIpc) is 2.46. The number of hydrogen-bond donors (Lipinski definition) is 2. The molecule has 2 heterocycles. The summed E-state index contributed by atoms with van der Waals surface area (Å²) in [6.45, 7) is 7.61. The van der Waals surface area contributed by atoms with Gasteiger partial charge in [-0.15, -0.1) is 0 Å². The molecule has 0 saturated carbocycles. The number of nitrogen functional groups attached to an aromatic ring is 1. The van der Waals surface area contributed by atoms with Gasteiger partial charge in [-0.05, 0) is 13.5 Å². The van der Waals surface area contributed by atoms with Crippen LogP contribution >= 0.6 is 0 Å². The second-order valence-electron chi connectivity index (χ2n) is 4.66. The SMILES string of the molecule is CCN1CCN(C(=O)c2cncc(NN)n2)CC1C. The van der Waals surface area contributed by atoms with E-state index in [2.05, 4.69) is 34.1 Å². The zero-order chi connectivity index (χ0) is 13.8. The minimum absolute atomic E-state index is 0.0906. The summed E-state index contributed by atoms with van der Waals surface area (Å²) in [6, 6.07) is 0.367. The van der Waals surface area contributed by atoms with Crippen LogP contribution in [0.3, 0.4) is 0 Å². The molecule has 0 aliphatic carbocycles. The number of nitrogens with two attached hydrogens (primary N) is 1. The van der Waals surface area contributed by atoms with Gasteiger partial charge in [0.1, 0.15) is 5.69 Å². The topological polar surface area (TPSA) is 87.4 Å². The highest BCUT2D eigenvalue weighted by molar-refractivity contribution is 5.92. The van der Waals surface area contributed by atoms with Crippen LogP contribution in [0.4, 0.5) is 5.82 Å². The molecule has 104 valence electrons. The van der Waals surface area contributed by atoms with E-state index in [1.807, 2.05) is 4.90 Å². The van der Waals surface area contributed by atoms with E-state index >= 15 is 0 Å². The molecule has 1 amide bonds. The number of piperazine rings is 1. The Morgan fingerprint density at radius 3 is 2.95 bits per heavy atom. The lowest BCUT2D eigenvalue weighted by Gasteiger charge is -2.39. The van der Waals surface area contributed by atoms with Crippen LogP contribution in [0.5, 0.6) is 0 Å². The number of nitrogens with one attached hydrogen (secondary N) is 1. The van der Waals surface area contributed by atoms with Gasteiger partial charge >= 0.3 is 0 Å². The zero-order valence-corrected chi connectivity index (χ0v) is 11.3. The molecule has 1 aromatic rings. The molecule has 0 radical (unpaired) electrons. The summed E-state index contributed by atoms with van der Waals surface area (Å²) in [5, 5.41) is 0. The molecule has 7 heteroatoms. The molecule has 0 bridgehead atoms. The van der Waals surface area contributed by atoms with Gasteiger partial charge in [0.15, 0.2) is 5.82 Å². The Kier molecular flexibility index (Phi) is 4.28. The third-order valence-corrected chi connectivity index (χ3v) is 3.46. The first kappa shape index (κ1) is 13.7. The number of hydrogen-bond acceptors (Lipinski definition) is 6. The van der Waals surface area contributed by atoms with E-state index in [0.717, 1.165) is 19.6 Å². The maximum Gasteiger partial charge on any atom is 0.274 e. The third kappa shape index (κ3) is 2.99. The lowest BCUT2D eigenvalue weighted by Crippen LogP contribution is -2.53. The second-order valence-corrected chi connectivity index (χ2v) is 4.66. The van der Waals surface area contributed by atoms with E-state index in [0.29, 0.717) is 24.1 Å². The van der Waals surface area contributed by atoms with Gasteiger partial charge in [-0.1, -0.05) is 6.92 Å². The van der Waals surface area contributed by atoms with E-state index < -0.39 is 0 Å². The predicted octanol–water partition coefficient (Wildman–Crippen LogP) is -0.0716. The van der Waals surface area contributed by atoms with Crippen molar-refractivity contribution >= 4 is 11.7 Å². The Morgan fingerprint density at radius 1 is 1.53 bits per heavy atom. The van der Waals surface area contributed by atoms with Crippen LogP contribution in [0.25, 0.3) is 0 Å². The molecule has 1 aliphatic heterocycles. The summed E-state index contributed by atoms with van der Waals surface area (Å²) >= 11 is 0. The van der Waals surface area contributed by atoms with Crippen molar-refractivity contribution < 1.29 is 4.79 Å². The number of anilines is 1. The van der Waals surface area contributed by atoms with Gasteiger partial charge in [0.05, 0.1) is 12.4 Å². The number of amides is 1. The minimum atomic E-state index is -0.0906. The van der Waals surface area contributed by atoms with Gasteiger partial charge < -0.3 is 10.3 Å². The summed E-state index contributed by atoms with van der Waals surface area (Å²) in [5.74, 6) is 5.58. The molecule has 7 nitrogen and oxygen atoms in total. The van der Waals surface area contributed by atoms with Crippen LogP contribution in [-0.4, -0.2) is 57.9 Å². The second kappa shape index (κ2) is 5.94. The van der Waals surface area contributed by atoms with Crippen molar-refractivity contribution in [1.29, 1.82) is 0 Å². The number of rotatable bonds is 3. The minimum Gasteiger partial charge on any atom is -0.334 e. The first-order valence-electron chi connectivity index (χ1n) is 6.47. The summed E-state index contributed by atoms with van der Waals surface area (Å²) in [4.78, 5) is 24.6. The molecule has 1 aliphatic rings. The van der Waals surface area contributed by atoms with E-state index in [4.69, 9.17) is 5.84 Å². The molecule has 1 unspecified atom stereocenters. The lowest BCUT2D eigenvalue weighted by molar-refractivity contribution is 0.0522. The van der Waals surface area contributed by atoms with Crippen molar-refractivity contribution in [3.05, 3.63) is 18.1 Å². The van der Waals surface area contributed by atoms with Gasteiger partial charge in [-0.2, -0.15) is 0 Å². The molecule has 2 rings (SSSR count). The third-order valence-electron chi connectivity index (χ3n) is 3.46. The number of hydrazine groups is 1. The molecule has 0 aromatic carbocycles. The maximum absolute atomic E-state index is 12.3. The molecule has 3 N–H and O–H groups in total. The van der Waals surface area contributed by atoms with Gasteiger partial charge in [0.2, 0.25) is 0 Å². The van der Waals surface area contributed by atoms with Gasteiger partial charge in [-0.25, -0.2) is 10.8 Å². The molecule has 19 heavy (non-hydrogen) atoms. The van der Waals surface area contributed by atoms with E-state index in [1.165, 1.54) is 12.4 Å². The van der Waals surface area contributed by atoms with Gasteiger partial charge in [0, 0.05) is 25.7 Å². The standard InChI is InChI=1S/C12H20N6O/c1-3-17-4-5-18(8-9(17)2)12(19)10-6-14-7-11(15-10)16-13/h6-7,9H,3-5,8,13H2,1-2H3,(H,15,16). The molecule has 0 spiro atoms. The fourth-order valence-electron chi connectivity index (χ4n) is 2.35. The van der Waals surface area contributed by atoms with E-state index in [-0.39, 0.29) is 5.91 Å². The summed E-state index contributed by atoms with van der Waals surface area (Å²) < 4.78 is 0. The van der Waals surface area contributed by atoms with Crippen molar-refractivity contribution in [2.24, 2.45) is 5.84 Å². The largest absolute Gasteiger partial charge is 0.334 e. The predicted molar refractivity (Wildman–Crippen MR) is 72.5 cm³/mol. The van der Waals surface area contributed by atoms with Crippen LogP contribution in [0.1, 0.15) is 24.3 Å². The Labute approximate surface area is 112 Å². The Morgan fingerprint density at radius 2 is 2.32 bits per heavy atom. The number of aromatic nitrogens is 2. The van der Waals surface area contributed by atoms with Crippen LogP contribution in [0.2, 0.25) is 0 Å². The molecular formula is C12H20N6O. The first-order valence-corrected chi connectivity index (χ1v) is 6.47. The van der Waals surface area contributed by atoms with Crippen molar-refractivity contribution in [1.82, 2.24) is 19.8 Å². The molecule has 1 atom stereocenters. The van der Waals surface area contributed by atoms with Crippen molar-refractivity contribution in [3.63, 3.8) is 0 Å². The Bertz CT molecular complexity index is 452. The molecule has 1 aromatic heterocycles. The smallest absolute Gasteiger partial charge is 0.274 e.